The third kappa shape index (κ3) is 4.39. The lowest BCUT2D eigenvalue weighted by Crippen LogP contribution is -2.43. The van der Waals surface area contributed by atoms with Crippen LogP contribution in [0.2, 0.25) is 0 Å². The van der Waals surface area contributed by atoms with Gasteiger partial charge in [-0.15, -0.1) is 0 Å². The van der Waals surface area contributed by atoms with Gasteiger partial charge < -0.3 is 15.4 Å². The van der Waals surface area contributed by atoms with Gasteiger partial charge in [-0.2, -0.15) is 11.8 Å². The van der Waals surface area contributed by atoms with E-state index in [1.807, 2.05) is 7.05 Å². The van der Waals surface area contributed by atoms with Crippen LogP contribution in [-0.2, 0) is 4.74 Å². The first-order valence-electron chi connectivity index (χ1n) is 6.56. The van der Waals surface area contributed by atoms with Gasteiger partial charge in [-0.1, -0.05) is 0 Å². The van der Waals surface area contributed by atoms with Gasteiger partial charge >= 0.3 is 0 Å². The summed E-state index contributed by atoms with van der Waals surface area (Å²) < 4.78 is 5.58. The van der Waals surface area contributed by atoms with Gasteiger partial charge in [0.05, 0.1) is 6.10 Å². The lowest BCUT2D eigenvalue weighted by atomic mass is 10.2. The molecule has 0 bridgehead atoms. The molecule has 5 heteroatoms. The van der Waals surface area contributed by atoms with Gasteiger partial charge in [0, 0.05) is 32.0 Å². The molecule has 0 amide bonds. The highest BCUT2D eigenvalue weighted by Crippen LogP contribution is 2.25. The largest absolute Gasteiger partial charge is 0.376 e. The molecule has 98 valence electrons. The SMILES string of the molecule is CN=C(NCC1CCCO1)NCC1CCCS1. The van der Waals surface area contributed by atoms with Crippen LogP contribution in [0.5, 0.6) is 0 Å². The summed E-state index contributed by atoms with van der Waals surface area (Å²) in [5.74, 6) is 2.22. The van der Waals surface area contributed by atoms with Crippen LogP contribution in [0.3, 0.4) is 0 Å². The summed E-state index contributed by atoms with van der Waals surface area (Å²) in [7, 11) is 1.83. The molecule has 2 fully saturated rings. The van der Waals surface area contributed by atoms with Crippen molar-refractivity contribution < 1.29 is 4.74 Å². The van der Waals surface area contributed by atoms with Gasteiger partial charge in [-0.25, -0.2) is 0 Å². The monoisotopic (exact) mass is 257 g/mol. The molecule has 2 aliphatic heterocycles. The van der Waals surface area contributed by atoms with E-state index in [2.05, 4.69) is 27.4 Å². The third-order valence-electron chi connectivity index (χ3n) is 3.27. The maximum Gasteiger partial charge on any atom is 0.191 e. The average molecular weight is 257 g/mol. The van der Waals surface area contributed by atoms with Crippen molar-refractivity contribution >= 4 is 17.7 Å². The Morgan fingerprint density at radius 1 is 1.29 bits per heavy atom. The van der Waals surface area contributed by atoms with Gasteiger partial charge in [0.25, 0.3) is 0 Å². The first-order chi connectivity index (χ1) is 8.38. The fraction of sp³-hybridized carbons (Fsp3) is 0.917. The second-order valence-electron chi connectivity index (χ2n) is 4.60. The molecule has 0 aromatic carbocycles. The van der Waals surface area contributed by atoms with Gasteiger partial charge in [0.1, 0.15) is 0 Å². The Morgan fingerprint density at radius 3 is 2.82 bits per heavy atom. The molecule has 4 nitrogen and oxygen atoms in total. The van der Waals surface area contributed by atoms with E-state index < -0.39 is 0 Å². The predicted octanol–water partition coefficient (Wildman–Crippen LogP) is 1.23. The van der Waals surface area contributed by atoms with Gasteiger partial charge in [-0.05, 0) is 31.4 Å². The molecule has 2 unspecified atom stereocenters. The van der Waals surface area contributed by atoms with Crippen LogP contribution in [0, 0.1) is 0 Å². The molecule has 2 aliphatic rings. The lowest BCUT2D eigenvalue weighted by Gasteiger charge is -2.16. The topological polar surface area (TPSA) is 45.7 Å². The van der Waals surface area contributed by atoms with Gasteiger partial charge in [-0.3, -0.25) is 4.99 Å². The van der Waals surface area contributed by atoms with E-state index in [1.165, 1.54) is 31.4 Å². The fourth-order valence-corrected chi connectivity index (χ4v) is 3.45. The van der Waals surface area contributed by atoms with Crippen molar-refractivity contribution in [2.24, 2.45) is 4.99 Å². The summed E-state index contributed by atoms with van der Waals surface area (Å²) in [5.41, 5.74) is 0. The number of guanidine groups is 1. The summed E-state index contributed by atoms with van der Waals surface area (Å²) in [4.78, 5) is 4.24. The van der Waals surface area contributed by atoms with E-state index in [-0.39, 0.29) is 0 Å². The quantitative estimate of drug-likeness (QED) is 0.587. The van der Waals surface area contributed by atoms with Crippen LogP contribution in [0.4, 0.5) is 0 Å². The molecule has 17 heavy (non-hydrogen) atoms. The zero-order chi connectivity index (χ0) is 11.9. The fourth-order valence-electron chi connectivity index (χ4n) is 2.25. The van der Waals surface area contributed by atoms with E-state index in [0.717, 1.165) is 30.9 Å². The van der Waals surface area contributed by atoms with Crippen molar-refractivity contribution in [2.45, 2.75) is 37.0 Å². The number of hydrogen-bond donors (Lipinski definition) is 2. The molecule has 2 atom stereocenters. The molecule has 2 heterocycles. The molecule has 2 N–H and O–H groups in total. The molecule has 0 aromatic rings. The standard InChI is InChI=1S/C12H23N3OS/c1-13-12(14-8-10-4-2-6-16-10)15-9-11-5-3-7-17-11/h10-11H,2-9H2,1H3,(H2,13,14,15). The van der Waals surface area contributed by atoms with Gasteiger partial charge in [0.2, 0.25) is 0 Å². The number of rotatable bonds is 4. The van der Waals surface area contributed by atoms with Crippen molar-refractivity contribution in [2.75, 3.05) is 32.5 Å². The Balaban J connectivity index is 1.62. The highest BCUT2D eigenvalue weighted by molar-refractivity contribution is 8.00. The summed E-state index contributed by atoms with van der Waals surface area (Å²) in [6, 6.07) is 0. The number of thioether (sulfide) groups is 1. The molecule has 0 aromatic heterocycles. The van der Waals surface area contributed by atoms with Crippen LogP contribution >= 0.6 is 11.8 Å². The normalized spacial score (nSPS) is 29.6. The molecule has 0 aliphatic carbocycles. The van der Waals surface area contributed by atoms with Crippen molar-refractivity contribution in [3.63, 3.8) is 0 Å². The predicted molar refractivity (Wildman–Crippen MR) is 73.8 cm³/mol. The van der Waals surface area contributed by atoms with Crippen LogP contribution in [0.1, 0.15) is 25.7 Å². The minimum Gasteiger partial charge on any atom is -0.376 e. The Labute approximate surface area is 108 Å². The number of aliphatic imine (C=N–C) groups is 1. The van der Waals surface area contributed by atoms with Gasteiger partial charge in [0.15, 0.2) is 5.96 Å². The number of nitrogens with zero attached hydrogens (tertiary/aromatic N) is 1. The van der Waals surface area contributed by atoms with Crippen LogP contribution in [-0.4, -0.2) is 49.8 Å². The van der Waals surface area contributed by atoms with Crippen molar-refractivity contribution in [1.82, 2.24) is 10.6 Å². The summed E-state index contributed by atoms with van der Waals surface area (Å²) >= 11 is 2.07. The number of ether oxygens (including phenoxy) is 1. The summed E-state index contributed by atoms with van der Waals surface area (Å²) in [6.45, 7) is 2.81. The van der Waals surface area contributed by atoms with E-state index in [9.17, 15) is 0 Å². The molecular formula is C12H23N3OS. The van der Waals surface area contributed by atoms with Crippen molar-refractivity contribution in [1.29, 1.82) is 0 Å². The Hall–Kier alpha value is -0.420. The minimum atomic E-state index is 0.370. The molecule has 0 radical (unpaired) electrons. The zero-order valence-electron chi connectivity index (χ0n) is 10.6. The molecule has 0 spiro atoms. The van der Waals surface area contributed by atoms with E-state index >= 15 is 0 Å². The first kappa shape index (κ1) is 13.0. The van der Waals surface area contributed by atoms with Crippen LogP contribution in [0.25, 0.3) is 0 Å². The average Bonchev–Trinajstić information content (AvgIpc) is 3.02. The number of hydrogen-bond acceptors (Lipinski definition) is 3. The molecule has 2 saturated heterocycles. The van der Waals surface area contributed by atoms with E-state index in [1.54, 1.807) is 0 Å². The highest BCUT2D eigenvalue weighted by Gasteiger charge is 2.17. The Kier molecular flexibility index (Phi) is 5.45. The van der Waals surface area contributed by atoms with E-state index in [0.29, 0.717) is 6.10 Å². The minimum absolute atomic E-state index is 0.370. The van der Waals surface area contributed by atoms with E-state index in [4.69, 9.17) is 4.74 Å². The van der Waals surface area contributed by atoms with Crippen LogP contribution in [0.15, 0.2) is 4.99 Å². The molecular weight excluding hydrogens is 234 g/mol. The highest BCUT2D eigenvalue weighted by atomic mass is 32.2. The first-order valence-corrected chi connectivity index (χ1v) is 7.61. The molecule has 2 rings (SSSR count). The lowest BCUT2D eigenvalue weighted by molar-refractivity contribution is 0.114. The van der Waals surface area contributed by atoms with Crippen LogP contribution < -0.4 is 10.6 Å². The zero-order valence-corrected chi connectivity index (χ0v) is 11.4. The summed E-state index contributed by atoms with van der Waals surface area (Å²) in [5, 5.41) is 7.50. The maximum atomic E-state index is 5.58. The third-order valence-corrected chi connectivity index (χ3v) is 4.66. The van der Waals surface area contributed by atoms with Crippen molar-refractivity contribution in [3.8, 4) is 0 Å². The maximum absolute atomic E-state index is 5.58. The smallest absolute Gasteiger partial charge is 0.191 e. The second kappa shape index (κ2) is 7.11. The Bertz CT molecular complexity index is 226. The number of nitrogens with one attached hydrogen (secondary N) is 2. The van der Waals surface area contributed by atoms with Crippen molar-refractivity contribution in [3.05, 3.63) is 0 Å². The second-order valence-corrected chi connectivity index (χ2v) is 6.01. The summed E-state index contributed by atoms with van der Waals surface area (Å²) in [6.07, 6.45) is 5.42. The Morgan fingerprint density at radius 2 is 2.18 bits per heavy atom. The molecule has 0 saturated carbocycles.